The Labute approximate surface area is 174 Å². The van der Waals surface area contributed by atoms with Gasteiger partial charge in [0.2, 0.25) is 0 Å². The highest BCUT2D eigenvalue weighted by Gasteiger charge is 2.26. The molecule has 0 spiro atoms. The zero-order chi connectivity index (χ0) is 22.2. The normalized spacial score (nSPS) is 15.7. The van der Waals surface area contributed by atoms with Crippen LogP contribution in [-0.4, -0.2) is 19.9 Å². The minimum atomic E-state index is -3.73. The quantitative estimate of drug-likeness (QED) is 0.733. The number of hydrogen-bond donors (Lipinski definition) is 1. The molecule has 7 nitrogen and oxygen atoms in total. The van der Waals surface area contributed by atoms with Crippen molar-refractivity contribution in [3.8, 4) is 0 Å². The molecule has 1 aromatic heterocycles. The molecule has 2 aromatic rings. The molecule has 10 heteroatoms. The number of rotatable bonds is 6. The van der Waals surface area contributed by atoms with E-state index in [1.807, 2.05) is 27.7 Å². The first-order valence-corrected chi connectivity index (χ1v) is 11.2. The van der Waals surface area contributed by atoms with E-state index in [1.54, 1.807) is 0 Å². The second kappa shape index (κ2) is 8.52. The summed E-state index contributed by atoms with van der Waals surface area (Å²) in [6, 6.07) is 3.14. The summed E-state index contributed by atoms with van der Waals surface area (Å²) < 4.78 is 47.7. The van der Waals surface area contributed by atoms with Crippen LogP contribution in [0.2, 0.25) is 0 Å². The second-order valence-corrected chi connectivity index (χ2v) is 9.68. The minimum Gasteiger partial charge on any atom is -0.372 e. The van der Waals surface area contributed by atoms with Crippen LogP contribution in [0.25, 0.3) is 0 Å². The van der Waals surface area contributed by atoms with Crippen LogP contribution in [-0.2, 0) is 39.1 Å². The molecular weight excluding hydrogens is 414 g/mol. The molecule has 0 radical (unpaired) electrons. The summed E-state index contributed by atoms with van der Waals surface area (Å²) in [6.07, 6.45) is 0.860. The summed E-state index contributed by atoms with van der Waals surface area (Å²) in [4.78, 5) is 12.8. The van der Waals surface area contributed by atoms with Crippen molar-refractivity contribution in [2.24, 2.45) is 9.50 Å². The predicted molar refractivity (Wildman–Crippen MR) is 108 cm³/mol. The fourth-order valence-corrected chi connectivity index (χ4v) is 4.74. The molecule has 3 rings (SSSR count). The third kappa shape index (κ3) is 4.45. The largest absolute Gasteiger partial charge is 0.372 e. The Kier molecular flexibility index (Phi) is 6.40. The summed E-state index contributed by atoms with van der Waals surface area (Å²) in [7, 11) is -3.73. The maximum atomic E-state index is 12.8. The first-order valence-electron chi connectivity index (χ1n) is 9.67. The molecule has 1 aliphatic heterocycles. The Hall–Kier alpha value is -2.17. The number of benzene rings is 1. The zero-order valence-corrected chi connectivity index (χ0v) is 18.2. The maximum Gasteiger partial charge on any atom is 0.333 e. The topological polar surface area (TPSA) is 99.6 Å². The molecule has 164 valence electrons. The molecule has 0 bridgehead atoms. The van der Waals surface area contributed by atoms with Gasteiger partial charge in [0.05, 0.1) is 19.6 Å². The molecule has 2 heterocycles. The van der Waals surface area contributed by atoms with Gasteiger partial charge in [-0.1, -0.05) is 33.8 Å². The van der Waals surface area contributed by atoms with Crippen LogP contribution in [0.3, 0.4) is 0 Å². The number of amides is 1. The maximum absolute atomic E-state index is 12.8. The van der Waals surface area contributed by atoms with E-state index in [0.717, 1.165) is 40.1 Å². The lowest BCUT2D eigenvalue weighted by atomic mass is 9.82. The van der Waals surface area contributed by atoms with Crippen molar-refractivity contribution in [1.82, 2.24) is 9.78 Å². The second-order valence-electron chi connectivity index (χ2n) is 7.94. The van der Waals surface area contributed by atoms with E-state index >= 15 is 0 Å². The highest BCUT2D eigenvalue weighted by Crippen LogP contribution is 2.37. The SMILES string of the molecule is CC(C)c1cc2c(c(C(C)C)c1CC(=O)N=S(N)(=O)c1ccn(C(F)F)n1)COC2. The molecule has 0 saturated carbocycles. The number of fused-ring (bicyclic) bond motifs is 1. The molecule has 1 atom stereocenters. The van der Waals surface area contributed by atoms with E-state index in [-0.39, 0.29) is 23.3 Å². The van der Waals surface area contributed by atoms with Crippen molar-refractivity contribution in [1.29, 1.82) is 0 Å². The van der Waals surface area contributed by atoms with E-state index in [2.05, 4.69) is 15.5 Å². The lowest BCUT2D eigenvalue weighted by molar-refractivity contribution is -0.117. The van der Waals surface area contributed by atoms with Crippen molar-refractivity contribution in [2.45, 2.75) is 70.7 Å². The fraction of sp³-hybridized carbons (Fsp3) is 0.500. The molecule has 1 aromatic carbocycles. The minimum absolute atomic E-state index is 0.0853. The Bertz CT molecular complexity index is 1090. The molecule has 1 aliphatic rings. The molecule has 30 heavy (non-hydrogen) atoms. The van der Waals surface area contributed by atoms with E-state index in [4.69, 9.17) is 9.88 Å². The number of carbonyl (C=O) groups is 1. The lowest BCUT2D eigenvalue weighted by Gasteiger charge is -2.22. The number of nitrogens with zero attached hydrogens (tertiary/aromatic N) is 3. The van der Waals surface area contributed by atoms with Crippen LogP contribution >= 0.6 is 0 Å². The average Bonchev–Trinajstić information content (AvgIpc) is 3.29. The number of halogens is 2. The summed E-state index contributed by atoms with van der Waals surface area (Å²) in [5.41, 5.74) is 5.10. The fourth-order valence-electron chi connectivity index (χ4n) is 3.81. The van der Waals surface area contributed by atoms with Gasteiger partial charge in [0.1, 0.15) is 0 Å². The Morgan fingerprint density at radius 1 is 1.30 bits per heavy atom. The highest BCUT2D eigenvalue weighted by molar-refractivity contribution is 7.91. The smallest absolute Gasteiger partial charge is 0.333 e. The zero-order valence-electron chi connectivity index (χ0n) is 17.4. The van der Waals surface area contributed by atoms with Crippen LogP contribution in [0, 0.1) is 0 Å². The number of nitrogens with two attached hydrogens (primary N) is 1. The molecule has 2 N–H and O–H groups in total. The van der Waals surface area contributed by atoms with E-state index < -0.39 is 22.4 Å². The van der Waals surface area contributed by atoms with Gasteiger partial charge in [-0.25, -0.2) is 14.0 Å². The van der Waals surface area contributed by atoms with Gasteiger partial charge in [-0.2, -0.15) is 13.9 Å². The highest BCUT2D eigenvalue weighted by atomic mass is 32.2. The Morgan fingerprint density at radius 3 is 2.57 bits per heavy atom. The molecule has 0 fully saturated rings. The van der Waals surface area contributed by atoms with E-state index in [9.17, 15) is 17.8 Å². The molecule has 1 amide bonds. The van der Waals surface area contributed by atoms with Gasteiger partial charge in [-0.05, 0) is 45.7 Å². The van der Waals surface area contributed by atoms with Gasteiger partial charge in [0, 0.05) is 6.20 Å². The Morgan fingerprint density at radius 2 is 2.00 bits per heavy atom. The number of ether oxygens (including phenoxy) is 1. The number of carbonyl (C=O) groups excluding carboxylic acids is 1. The molecule has 0 saturated heterocycles. The third-order valence-corrected chi connectivity index (χ3v) is 6.36. The molecule has 1 unspecified atom stereocenters. The standard InChI is InChI=1S/C20H26F2N4O3S/c1-11(2)14-7-13-9-29-10-16(13)19(12(3)4)15(14)8-17(27)25-30(23,28)18-5-6-26(24-18)20(21)22/h5-7,11-12,20H,8-10H2,1-4H3,(H2,23,25,27,28). The first kappa shape index (κ1) is 22.5. The molecule has 0 aliphatic carbocycles. The third-order valence-electron chi connectivity index (χ3n) is 5.07. The number of alkyl halides is 2. The van der Waals surface area contributed by atoms with Crippen LogP contribution in [0.15, 0.2) is 27.7 Å². The van der Waals surface area contributed by atoms with Gasteiger partial charge in [-0.3, -0.25) is 4.79 Å². The summed E-state index contributed by atoms with van der Waals surface area (Å²) in [6.45, 7) is 6.29. The molecular formula is C20H26F2N4O3S. The van der Waals surface area contributed by atoms with Crippen molar-refractivity contribution >= 4 is 15.8 Å². The van der Waals surface area contributed by atoms with E-state index in [0.29, 0.717) is 17.9 Å². The van der Waals surface area contributed by atoms with Gasteiger partial charge in [-0.15, -0.1) is 4.36 Å². The monoisotopic (exact) mass is 440 g/mol. The van der Waals surface area contributed by atoms with Gasteiger partial charge in [0.15, 0.2) is 14.9 Å². The van der Waals surface area contributed by atoms with Crippen molar-refractivity contribution in [3.63, 3.8) is 0 Å². The summed E-state index contributed by atoms with van der Waals surface area (Å²) >= 11 is 0. The van der Waals surface area contributed by atoms with Crippen LogP contribution in [0.5, 0.6) is 0 Å². The van der Waals surface area contributed by atoms with Gasteiger partial charge < -0.3 is 4.74 Å². The number of aromatic nitrogens is 2. The van der Waals surface area contributed by atoms with Gasteiger partial charge in [0.25, 0.3) is 5.91 Å². The summed E-state index contributed by atoms with van der Waals surface area (Å²) in [5, 5.41) is 8.82. The van der Waals surface area contributed by atoms with Crippen molar-refractivity contribution in [3.05, 3.63) is 46.1 Å². The Balaban J connectivity index is 2.02. The van der Waals surface area contributed by atoms with Crippen LogP contribution < -0.4 is 5.14 Å². The van der Waals surface area contributed by atoms with Crippen LogP contribution in [0.1, 0.15) is 73.9 Å². The predicted octanol–water partition coefficient (Wildman–Crippen LogP) is 4.03. The summed E-state index contributed by atoms with van der Waals surface area (Å²) in [5.74, 6) is -0.386. The number of hydrogen-bond acceptors (Lipinski definition) is 4. The average molecular weight is 441 g/mol. The van der Waals surface area contributed by atoms with Gasteiger partial charge >= 0.3 is 6.55 Å². The van der Waals surface area contributed by atoms with E-state index in [1.165, 1.54) is 0 Å². The van der Waals surface area contributed by atoms with Crippen molar-refractivity contribution < 1.29 is 22.5 Å². The van der Waals surface area contributed by atoms with Crippen LogP contribution in [0.4, 0.5) is 8.78 Å². The first-order chi connectivity index (χ1) is 14.0. The lowest BCUT2D eigenvalue weighted by Crippen LogP contribution is -2.18. The van der Waals surface area contributed by atoms with Crippen molar-refractivity contribution in [2.75, 3.05) is 0 Å².